The quantitative estimate of drug-likeness (QED) is 0.0536. The molecule has 4 N–H and O–H groups in total. The van der Waals surface area contributed by atoms with Crippen molar-refractivity contribution in [2.24, 2.45) is 5.41 Å². The molecule has 74 heavy (non-hydrogen) atoms. The predicted molar refractivity (Wildman–Crippen MR) is 284 cm³/mol. The first-order valence-corrected chi connectivity index (χ1v) is 25.6. The lowest BCUT2D eigenvalue weighted by Gasteiger charge is -2.35. The van der Waals surface area contributed by atoms with Gasteiger partial charge in [-0.05, 0) is 95.6 Å². The number of rotatable bonds is 20. The first kappa shape index (κ1) is 53.1. The number of nitrogens with zero attached hydrogens (tertiary/aromatic N) is 3. The van der Waals surface area contributed by atoms with Gasteiger partial charge >= 0.3 is 0 Å². The lowest BCUT2D eigenvalue weighted by Crippen LogP contribution is -2.58. The molecule has 0 bridgehead atoms. The van der Waals surface area contributed by atoms with Gasteiger partial charge in [0.25, 0.3) is 0 Å². The van der Waals surface area contributed by atoms with Crippen LogP contribution in [0.4, 0.5) is 5.69 Å². The minimum atomic E-state index is -0.952. The summed E-state index contributed by atoms with van der Waals surface area (Å²) in [5, 5.41) is 19.6. The number of aryl methyl sites for hydroxylation is 1. The SMILES string of the molecule is COc1ccc(-c2cc(-c3ccc(OCCOCCOCCC(=O)N[C@H](C(=O)N4C[C@H](O)C[C@H]4C(=O)N[C@@H](C)c4ccc(-c5scnc5C)cc4)C(C)(C)C)cc3)nc3c2CC(=O)Nc2ccccc2-3)cc1OC. The second-order valence-corrected chi connectivity index (χ2v) is 20.3. The number of carbonyl (C=O) groups is 4. The molecule has 2 aromatic heterocycles. The zero-order valence-electron chi connectivity index (χ0n) is 42.9. The van der Waals surface area contributed by atoms with Crippen LogP contribution in [-0.2, 0) is 35.1 Å². The number of β-amino-alcohol motifs (C(OH)–C–C–N with tert-alkyl or cyclic N) is 1. The van der Waals surface area contributed by atoms with E-state index in [1.807, 2.05) is 137 Å². The largest absolute Gasteiger partial charge is 0.493 e. The maximum Gasteiger partial charge on any atom is 0.246 e. The molecule has 0 radical (unpaired) electrons. The van der Waals surface area contributed by atoms with E-state index < -0.39 is 29.5 Å². The molecule has 0 spiro atoms. The highest BCUT2D eigenvalue weighted by Crippen LogP contribution is 2.42. The molecule has 0 aliphatic carbocycles. The Morgan fingerprint density at radius 1 is 0.838 bits per heavy atom. The molecule has 4 aromatic carbocycles. The van der Waals surface area contributed by atoms with Crippen LogP contribution in [0.3, 0.4) is 0 Å². The van der Waals surface area contributed by atoms with E-state index >= 15 is 0 Å². The number of fused-ring (bicyclic) bond motifs is 3. The number of thiazole rings is 1. The number of hydrogen-bond acceptors (Lipinski definition) is 13. The highest BCUT2D eigenvalue weighted by Gasteiger charge is 2.44. The number of aliphatic hydroxyl groups is 1. The van der Waals surface area contributed by atoms with Crippen LogP contribution >= 0.6 is 11.3 Å². The van der Waals surface area contributed by atoms with Crippen molar-refractivity contribution in [3.63, 3.8) is 0 Å². The summed E-state index contributed by atoms with van der Waals surface area (Å²) in [7, 11) is 3.18. The van der Waals surface area contributed by atoms with Crippen molar-refractivity contribution < 1.29 is 48.0 Å². The Labute approximate surface area is 435 Å². The Morgan fingerprint density at radius 3 is 2.23 bits per heavy atom. The second kappa shape index (κ2) is 23.8. The Hall–Kier alpha value is -7.18. The number of aromatic nitrogens is 2. The normalized spacial score (nSPS) is 16.0. The van der Waals surface area contributed by atoms with Crippen LogP contribution in [-0.4, -0.2) is 116 Å². The summed E-state index contributed by atoms with van der Waals surface area (Å²) in [5.74, 6) is 0.516. The van der Waals surface area contributed by atoms with Crippen LogP contribution in [0, 0.1) is 12.3 Å². The lowest BCUT2D eigenvalue weighted by atomic mass is 9.85. The molecule has 2 aliphatic rings. The standard InChI is InChI=1S/C57H64N6O10S/c1-34(36-12-14-38(15-13-36)53-35(2)58-33-74-53)59-55(67)47-29-40(64)32-63(47)56(68)54(57(3,4)5)62-50(65)22-23-71-24-25-72-26-27-73-41-19-16-37(17-20-41)46-30-43(39-18-21-48(69-6)49(28-39)70-7)44-31-51(66)60-45-11-9-8-10-42(45)52(44)61-46/h8-21,28,30,33-34,40,47,54,64H,22-27,29,31-32H2,1-7H3,(H,59,67)(H,60,66)(H,62,65)/t34-,40+,47-,54+/m0/s1. The fraction of sp³-hybridized carbons (Fsp3) is 0.368. The summed E-state index contributed by atoms with van der Waals surface area (Å²) in [6.45, 7) is 10.6. The first-order valence-electron chi connectivity index (χ1n) is 24.7. The molecule has 1 fully saturated rings. The van der Waals surface area contributed by atoms with E-state index in [2.05, 4.69) is 20.9 Å². The molecule has 0 unspecified atom stereocenters. The second-order valence-electron chi connectivity index (χ2n) is 19.5. The number of likely N-dealkylation sites (tertiary alicyclic amines) is 1. The van der Waals surface area contributed by atoms with E-state index in [9.17, 15) is 24.3 Å². The molecule has 4 amide bonds. The maximum atomic E-state index is 14.1. The monoisotopic (exact) mass is 1020 g/mol. The van der Waals surface area contributed by atoms with Gasteiger partial charge in [0.2, 0.25) is 23.6 Å². The average molecular weight is 1030 g/mol. The maximum absolute atomic E-state index is 14.1. The number of pyridine rings is 1. The average Bonchev–Trinajstić information content (AvgIpc) is 3.98. The third-order valence-electron chi connectivity index (χ3n) is 13.2. The minimum absolute atomic E-state index is 0.00701. The number of para-hydroxylation sites is 1. The van der Waals surface area contributed by atoms with Crippen molar-refractivity contribution in [1.29, 1.82) is 0 Å². The Morgan fingerprint density at radius 2 is 1.53 bits per heavy atom. The van der Waals surface area contributed by atoms with Gasteiger partial charge in [-0.2, -0.15) is 0 Å². The van der Waals surface area contributed by atoms with Crippen molar-refractivity contribution in [3.05, 3.63) is 119 Å². The number of amides is 4. The fourth-order valence-electron chi connectivity index (χ4n) is 9.21. The molecule has 388 valence electrons. The molecule has 17 heteroatoms. The molecule has 16 nitrogen and oxygen atoms in total. The van der Waals surface area contributed by atoms with E-state index in [-0.39, 0.29) is 69.4 Å². The Bertz CT molecular complexity index is 2960. The van der Waals surface area contributed by atoms with Crippen molar-refractivity contribution in [1.82, 2.24) is 25.5 Å². The van der Waals surface area contributed by atoms with Crippen LogP contribution in [0.1, 0.15) is 63.4 Å². The molecule has 2 aliphatic heterocycles. The van der Waals surface area contributed by atoms with Crippen LogP contribution in [0.25, 0.3) is 44.1 Å². The van der Waals surface area contributed by atoms with Crippen LogP contribution in [0.15, 0.2) is 103 Å². The molecule has 6 aromatic rings. The molecular weight excluding hydrogens is 961 g/mol. The van der Waals surface area contributed by atoms with Gasteiger partial charge in [-0.25, -0.2) is 9.97 Å². The summed E-state index contributed by atoms with van der Waals surface area (Å²) in [4.78, 5) is 66.1. The van der Waals surface area contributed by atoms with E-state index in [0.717, 1.165) is 60.9 Å². The summed E-state index contributed by atoms with van der Waals surface area (Å²) in [5.41, 5.74) is 10.4. The summed E-state index contributed by atoms with van der Waals surface area (Å²) < 4.78 is 28.5. The summed E-state index contributed by atoms with van der Waals surface area (Å²) in [6, 6.07) is 28.7. The first-order chi connectivity index (χ1) is 35.6. The zero-order chi connectivity index (χ0) is 52.5. The lowest BCUT2D eigenvalue weighted by molar-refractivity contribution is -0.144. The van der Waals surface area contributed by atoms with E-state index in [1.165, 1.54) is 4.90 Å². The van der Waals surface area contributed by atoms with E-state index in [1.54, 1.807) is 25.6 Å². The van der Waals surface area contributed by atoms with Crippen molar-refractivity contribution >= 4 is 40.7 Å². The predicted octanol–water partition coefficient (Wildman–Crippen LogP) is 8.20. The van der Waals surface area contributed by atoms with Crippen molar-refractivity contribution in [2.45, 2.75) is 78.1 Å². The molecule has 0 saturated carbocycles. The van der Waals surface area contributed by atoms with E-state index in [4.69, 9.17) is 28.7 Å². The van der Waals surface area contributed by atoms with Gasteiger partial charge in [-0.15, -0.1) is 11.3 Å². The van der Waals surface area contributed by atoms with Gasteiger partial charge in [0.15, 0.2) is 11.5 Å². The van der Waals surface area contributed by atoms with Gasteiger partial charge in [-0.1, -0.05) is 69.3 Å². The third-order valence-corrected chi connectivity index (χ3v) is 14.1. The van der Waals surface area contributed by atoms with Gasteiger partial charge < -0.3 is 49.6 Å². The van der Waals surface area contributed by atoms with Gasteiger partial charge in [0.05, 0.1) is 92.4 Å². The van der Waals surface area contributed by atoms with Gasteiger partial charge in [0, 0.05) is 30.5 Å². The number of anilines is 1. The fourth-order valence-corrected chi connectivity index (χ4v) is 10.0. The highest BCUT2D eigenvalue weighted by molar-refractivity contribution is 7.13. The molecule has 4 heterocycles. The van der Waals surface area contributed by atoms with Crippen LogP contribution < -0.4 is 30.2 Å². The third kappa shape index (κ3) is 12.6. The van der Waals surface area contributed by atoms with Crippen molar-refractivity contribution in [3.8, 4) is 61.3 Å². The highest BCUT2D eigenvalue weighted by atomic mass is 32.1. The number of aliphatic hydroxyl groups excluding tert-OH is 1. The minimum Gasteiger partial charge on any atom is -0.493 e. The number of hydrogen-bond donors (Lipinski definition) is 4. The number of carbonyl (C=O) groups excluding carboxylic acids is 4. The molecule has 8 rings (SSSR count). The Kier molecular flexibility index (Phi) is 17.1. The smallest absolute Gasteiger partial charge is 0.246 e. The van der Waals surface area contributed by atoms with Crippen LogP contribution in [0.2, 0.25) is 0 Å². The van der Waals surface area contributed by atoms with Crippen LogP contribution in [0.5, 0.6) is 17.2 Å². The summed E-state index contributed by atoms with van der Waals surface area (Å²) in [6.07, 6.45) is -0.640. The number of ether oxygens (including phenoxy) is 5. The zero-order valence-corrected chi connectivity index (χ0v) is 43.7. The molecule has 4 atom stereocenters. The number of nitrogens with one attached hydrogen (secondary N) is 3. The molecule has 1 saturated heterocycles. The van der Waals surface area contributed by atoms with Gasteiger partial charge in [-0.3, -0.25) is 19.2 Å². The van der Waals surface area contributed by atoms with E-state index in [0.29, 0.717) is 36.1 Å². The van der Waals surface area contributed by atoms with Crippen molar-refractivity contribution in [2.75, 3.05) is 59.1 Å². The number of benzene rings is 4. The summed E-state index contributed by atoms with van der Waals surface area (Å²) >= 11 is 1.57. The number of methoxy groups -OCH3 is 2. The van der Waals surface area contributed by atoms with Gasteiger partial charge in [0.1, 0.15) is 24.4 Å². The topological polar surface area (TPSA) is 200 Å². The molecular formula is C57H64N6O10S. The Balaban J connectivity index is 0.788.